The van der Waals surface area contributed by atoms with Crippen LogP contribution >= 0.6 is 0 Å². The minimum Gasteiger partial charge on any atom is -0.504 e. The highest BCUT2D eigenvalue weighted by molar-refractivity contribution is 5.84. The first-order valence-corrected chi connectivity index (χ1v) is 9.55. The molecule has 1 aliphatic heterocycles. The van der Waals surface area contributed by atoms with Crippen LogP contribution in [0, 0.1) is 0 Å². The lowest BCUT2D eigenvalue weighted by Crippen LogP contribution is -2.42. The molecule has 2 atom stereocenters. The lowest BCUT2D eigenvalue weighted by atomic mass is 9.98. The van der Waals surface area contributed by atoms with Gasteiger partial charge in [0.1, 0.15) is 0 Å². The third kappa shape index (κ3) is 4.87. The average molecular weight is 368 g/mol. The Morgan fingerprint density at radius 3 is 2.59 bits per heavy atom. The van der Waals surface area contributed by atoms with Gasteiger partial charge < -0.3 is 14.6 Å². The van der Waals surface area contributed by atoms with Crippen molar-refractivity contribution >= 4 is 6.21 Å². The van der Waals surface area contributed by atoms with Gasteiger partial charge in [0, 0.05) is 24.9 Å². The van der Waals surface area contributed by atoms with Gasteiger partial charge in [-0.25, -0.2) is 0 Å². The summed E-state index contributed by atoms with van der Waals surface area (Å²) in [7, 11) is 0. The zero-order valence-corrected chi connectivity index (χ0v) is 16.0. The maximum absolute atomic E-state index is 10.4. The van der Waals surface area contributed by atoms with Gasteiger partial charge in [-0.15, -0.1) is 0 Å². The fourth-order valence-electron chi connectivity index (χ4n) is 3.50. The van der Waals surface area contributed by atoms with Crippen molar-refractivity contribution in [3.63, 3.8) is 0 Å². The molecule has 0 aromatic heterocycles. The summed E-state index contributed by atoms with van der Waals surface area (Å²) in [5.41, 5.74) is 1.91. The van der Waals surface area contributed by atoms with E-state index in [1.54, 1.807) is 12.3 Å². The van der Waals surface area contributed by atoms with E-state index in [2.05, 4.69) is 36.1 Å². The van der Waals surface area contributed by atoms with E-state index in [1.165, 1.54) is 5.56 Å². The van der Waals surface area contributed by atoms with Crippen molar-refractivity contribution in [2.75, 3.05) is 32.9 Å². The minimum atomic E-state index is 0.0284. The number of nitrogens with zero attached hydrogens (tertiary/aromatic N) is 2. The molecule has 0 spiro atoms. The molecule has 2 aromatic rings. The molecule has 1 saturated heterocycles. The number of hydrogen-bond acceptors (Lipinski definition) is 5. The predicted molar refractivity (Wildman–Crippen MR) is 108 cm³/mol. The molecule has 5 nitrogen and oxygen atoms in total. The van der Waals surface area contributed by atoms with Gasteiger partial charge in [-0.2, -0.15) is 0 Å². The zero-order chi connectivity index (χ0) is 19.1. The van der Waals surface area contributed by atoms with Crippen molar-refractivity contribution in [2.24, 2.45) is 4.99 Å². The molecule has 2 aromatic carbocycles. The van der Waals surface area contributed by atoms with Gasteiger partial charge in [0.2, 0.25) is 0 Å². The maximum Gasteiger partial charge on any atom is 0.166 e. The van der Waals surface area contributed by atoms with Gasteiger partial charge in [-0.05, 0) is 31.5 Å². The van der Waals surface area contributed by atoms with Crippen LogP contribution in [0.3, 0.4) is 0 Å². The molecule has 0 amide bonds. The Balaban J connectivity index is 1.83. The largest absolute Gasteiger partial charge is 0.504 e. The molecule has 1 fully saturated rings. The normalized spacial score (nSPS) is 17.7. The first kappa shape index (κ1) is 19.4. The number of benzene rings is 2. The number of phenols is 1. The Morgan fingerprint density at radius 2 is 1.89 bits per heavy atom. The number of rotatable bonds is 7. The topological polar surface area (TPSA) is 54.3 Å². The van der Waals surface area contributed by atoms with Crippen molar-refractivity contribution in [1.29, 1.82) is 0 Å². The molecule has 0 aliphatic carbocycles. The van der Waals surface area contributed by atoms with Gasteiger partial charge in [0.05, 0.1) is 31.9 Å². The number of aromatic hydroxyl groups is 1. The summed E-state index contributed by atoms with van der Waals surface area (Å²) in [6, 6.07) is 16.1. The van der Waals surface area contributed by atoms with Crippen molar-refractivity contribution in [1.82, 2.24) is 4.90 Å². The molecule has 1 N–H and O–H groups in total. The second kappa shape index (κ2) is 9.53. The molecule has 0 bridgehead atoms. The number of morpholine rings is 1. The van der Waals surface area contributed by atoms with E-state index in [-0.39, 0.29) is 17.8 Å². The third-order valence-corrected chi connectivity index (χ3v) is 4.82. The highest BCUT2D eigenvalue weighted by Crippen LogP contribution is 2.30. The van der Waals surface area contributed by atoms with Crippen LogP contribution in [0.2, 0.25) is 0 Å². The van der Waals surface area contributed by atoms with E-state index in [1.807, 2.05) is 25.1 Å². The highest BCUT2D eigenvalue weighted by Gasteiger charge is 2.27. The lowest BCUT2D eigenvalue weighted by molar-refractivity contribution is 0.0119. The van der Waals surface area contributed by atoms with Crippen LogP contribution in [0.1, 0.15) is 31.0 Å². The van der Waals surface area contributed by atoms with Crippen LogP contribution in [-0.2, 0) is 4.74 Å². The quantitative estimate of drug-likeness (QED) is 0.758. The third-order valence-electron chi connectivity index (χ3n) is 4.82. The average Bonchev–Trinajstić information content (AvgIpc) is 2.71. The summed E-state index contributed by atoms with van der Waals surface area (Å²) in [5, 5.41) is 10.4. The highest BCUT2D eigenvalue weighted by atomic mass is 16.5. The van der Waals surface area contributed by atoms with Crippen LogP contribution in [0.5, 0.6) is 11.5 Å². The van der Waals surface area contributed by atoms with Crippen molar-refractivity contribution < 1.29 is 14.6 Å². The molecule has 1 heterocycles. The number of ether oxygens (including phenoxy) is 2. The summed E-state index contributed by atoms with van der Waals surface area (Å²) in [6.07, 6.45) is 1.75. The first-order valence-electron chi connectivity index (χ1n) is 9.55. The van der Waals surface area contributed by atoms with E-state index >= 15 is 0 Å². The first-order chi connectivity index (χ1) is 13.2. The Kier molecular flexibility index (Phi) is 6.85. The molecule has 5 heteroatoms. The Labute approximate surface area is 161 Å². The van der Waals surface area contributed by atoms with Gasteiger partial charge in [0.15, 0.2) is 11.5 Å². The van der Waals surface area contributed by atoms with Crippen LogP contribution < -0.4 is 4.74 Å². The van der Waals surface area contributed by atoms with E-state index in [9.17, 15) is 5.11 Å². The van der Waals surface area contributed by atoms with E-state index in [4.69, 9.17) is 14.5 Å². The summed E-state index contributed by atoms with van der Waals surface area (Å²) in [5.74, 6) is 0.625. The van der Waals surface area contributed by atoms with E-state index < -0.39 is 0 Å². The molecule has 0 unspecified atom stereocenters. The molecule has 0 radical (unpaired) electrons. The van der Waals surface area contributed by atoms with Crippen molar-refractivity contribution in [3.8, 4) is 11.5 Å². The molecule has 3 rings (SSSR count). The summed E-state index contributed by atoms with van der Waals surface area (Å²) in [6.45, 7) is 7.81. The number of hydrogen-bond donors (Lipinski definition) is 1. The van der Waals surface area contributed by atoms with E-state index in [0.717, 1.165) is 26.3 Å². The molecule has 27 heavy (non-hydrogen) atoms. The van der Waals surface area contributed by atoms with Gasteiger partial charge >= 0.3 is 0 Å². The van der Waals surface area contributed by atoms with Gasteiger partial charge in [0.25, 0.3) is 0 Å². The second-order valence-electron chi connectivity index (χ2n) is 6.65. The molecule has 0 saturated carbocycles. The van der Waals surface area contributed by atoms with Crippen molar-refractivity contribution in [3.05, 3.63) is 59.7 Å². The molecular formula is C22H28N2O3. The Morgan fingerprint density at radius 1 is 1.15 bits per heavy atom. The van der Waals surface area contributed by atoms with Crippen LogP contribution in [0.25, 0.3) is 0 Å². The summed E-state index contributed by atoms with van der Waals surface area (Å²) in [4.78, 5) is 7.21. The summed E-state index contributed by atoms with van der Waals surface area (Å²) >= 11 is 0. The zero-order valence-electron chi connectivity index (χ0n) is 16.0. The van der Waals surface area contributed by atoms with Crippen LogP contribution in [-0.4, -0.2) is 55.2 Å². The van der Waals surface area contributed by atoms with E-state index in [0.29, 0.717) is 17.9 Å². The summed E-state index contributed by atoms with van der Waals surface area (Å²) < 4.78 is 11.0. The maximum atomic E-state index is 10.4. The number of para-hydroxylation sites is 1. The van der Waals surface area contributed by atoms with Crippen LogP contribution in [0.4, 0.5) is 0 Å². The molecular weight excluding hydrogens is 340 g/mol. The number of aliphatic imine (C=N–C) groups is 1. The lowest BCUT2D eigenvalue weighted by Gasteiger charge is -2.37. The standard InChI is InChI=1S/C22H28N2O3/c1-3-27-20-11-7-10-19(22(20)25)16-23-17(2)21(18-8-5-4-6-9-18)24-12-14-26-15-13-24/h4-11,16-17,21,25H,3,12-15H2,1-2H3/t17-,21-/m1/s1. The smallest absolute Gasteiger partial charge is 0.166 e. The Hall–Kier alpha value is -2.37. The predicted octanol–water partition coefficient (Wildman–Crippen LogP) is 3.67. The fraction of sp³-hybridized carbons (Fsp3) is 0.409. The van der Waals surface area contributed by atoms with Gasteiger partial charge in [-0.1, -0.05) is 36.4 Å². The molecule has 144 valence electrons. The molecule has 1 aliphatic rings. The monoisotopic (exact) mass is 368 g/mol. The number of phenolic OH excluding ortho intramolecular Hbond substituents is 1. The fourth-order valence-corrected chi connectivity index (χ4v) is 3.50. The second-order valence-corrected chi connectivity index (χ2v) is 6.65. The minimum absolute atomic E-state index is 0.0284. The van der Waals surface area contributed by atoms with Crippen LogP contribution in [0.15, 0.2) is 53.5 Å². The SMILES string of the molecule is CCOc1cccc(C=N[C@H](C)[C@H](c2ccccc2)N2CCOCC2)c1O. The van der Waals surface area contributed by atoms with Crippen molar-refractivity contribution in [2.45, 2.75) is 25.9 Å². The van der Waals surface area contributed by atoms with Gasteiger partial charge in [-0.3, -0.25) is 9.89 Å². The Bertz CT molecular complexity index is 742.